The van der Waals surface area contributed by atoms with Crippen molar-refractivity contribution in [3.63, 3.8) is 0 Å². The van der Waals surface area contributed by atoms with Crippen LogP contribution in [0, 0.1) is 0 Å². The first-order valence-corrected chi connectivity index (χ1v) is 11.1. The summed E-state index contributed by atoms with van der Waals surface area (Å²) in [6.07, 6.45) is -0.153. The molecule has 0 aliphatic carbocycles. The van der Waals surface area contributed by atoms with Crippen molar-refractivity contribution in [2.24, 2.45) is 7.05 Å². The number of thiocarbonyl (C=S) groups is 1. The summed E-state index contributed by atoms with van der Waals surface area (Å²) >= 11 is 5.37. The van der Waals surface area contributed by atoms with E-state index in [1.165, 1.54) is 21.5 Å². The monoisotopic (exact) mass is 492 g/mol. The third-order valence-electron chi connectivity index (χ3n) is 5.81. The Hall–Kier alpha value is -4.32. The van der Waals surface area contributed by atoms with Crippen molar-refractivity contribution in [2.45, 2.75) is 19.0 Å². The van der Waals surface area contributed by atoms with E-state index in [1.54, 1.807) is 31.3 Å². The molecular weight excluding hydrogens is 472 g/mol. The van der Waals surface area contributed by atoms with Gasteiger partial charge in [0.1, 0.15) is 18.1 Å². The van der Waals surface area contributed by atoms with Gasteiger partial charge in [-0.25, -0.2) is 4.98 Å². The molecule has 1 fully saturated rings. The highest BCUT2D eigenvalue weighted by atomic mass is 32.1. The fourth-order valence-electron chi connectivity index (χ4n) is 3.89. The molecule has 11 nitrogen and oxygen atoms in total. The van der Waals surface area contributed by atoms with Crippen LogP contribution in [-0.4, -0.2) is 50.1 Å². The SMILES string of the molecule is CN1C(=O)C(CC(=O)Nc2ccc(-c3nc4ccccc4o3)cc2)N(Cc2c([O-])on[n+]2C)C1=S. The Kier molecular flexibility index (Phi) is 5.65. The highest BCUT2D eigenvalue weighted by Gasteiger charge is 2.43. The van der Waals surface area contributed by atoms with Gasteiger partial charge in [0.2, 0.25) is 11.8 Å². The van der Waals surface area contributed by atoms with Crippen LogP contribution in [0.1, 0.15) is 12.1 Å². The number of carbonyl (C=O) groups is 2. The molecule has 0 saturated carbocycles. The molecule has 3 heterocycles. The van der Waals surface area contributed by atoms with Gasteiger partial charge in [0, 0.05) is 18.3 Å². The van der Waals surface area contributed by atoms with Crippen LogP contribution < -0.4 is 15.1 Å². The van der Waals surface area contributed by atoms with Crippen LogP contribution in [0.2, 0.25) is 0 Å². The number of benzene rings is 2. The van der Waals surface area contributed by atoms with E-state index in [0.717, 1.165) is 11.1 Å². The lowest BCUT2D eigenvalue weighted by molar-refractivity contribution is -0.746. The number of aryl methyl sites for hydroxylation is 1. The Morgan fingerprint density at radius 2 is 1.97 bits per heavy atom. The van der Waals surface area contributed by atoms with E-state index < -0.39 is 12.0 Å². The molecule has 12 heteroatoms. The van der Waals surface area contributed by atoms with Crippen molar-refractivity contribution in [1.29, 1.82) is 0 Å². The fraction of sp³-hybridized carbons (Fsp3) is 0.217. The van der Waals surface area contributed by atoms with Gasteiger partial charge in [-0.15, -0.1) is 0 Å². The first-order valence-electron chi connectivity index (χ1n) is 10.7. The van der Waals surface area contributed by atoms with Crippen molar-refractivity contribution >= 4 is 45.9 Å². The van der Waals surface area contributed by atoms with Gasteiger partial charge < -0.3 is 24.3 Å². The molecule has 4 aromatic rings. The maximum atomic E-state index is 12.8. The lowest BCUT2D eigenvalue weighted by Gasteiger charge is -2.21. The van der Waals surface area contributed by atoms with E-state index in [9.17, 15) is 14.7 Å². The smallest absolute Gasteiger partial charge is 0.252 e. The number of rotatable bonds is 6. The topological polar surface area (TPSA) is 132 Å². The predicted molar refractivity (Wildman–Crippen MR) is 125 cm³/mol. The number of likely N-dealkylation sites (N-methyl/N-ethyl adjacent to an activating group) is 1. The van der Waals surface area contributed by atoms with Gasteiger partial charge in [-0.05, 0) is 48.6 Å². The Morgan fingerprint density at radius 3 is 2.66 bits per heavy atom. The molecule has 0 spiro atoms. The maximum Gasteiger partial charge on any atom is 0.252 e. The van der Waals surface area contributed by atoms with Crippen LogP contribution in [-0.2, 0) is 23.2 Å². The molecular formula is C23H20N6O5S. The first kappa shape index (κ1) is 22.5. The molecule has 2 amide bonds. The molecule has 1 atom stereocenters. The molecule has 1 aliphatic rings. The van der Waals surface area contributed by atoms with Crippen LogP contribution in [0.5, 0.6) is 5.95 Å². The van der Waals surface area contributed by atoms with Gasteiger partial charge in [-0.3, -0.25) is 14.5 Å². The van der Waals surface area contributed by atoms with E-state index in [0.29, 0.717) is 17.2 Å². The average Bonchev–Trinajstić information content (AvgIpc) is 3.48. The zero-order valence-electron chi connectivity index (χ0n) is 18.8. The summed E-state index contributed by atoms with van der Waals surface area (Å²) in [5, 5.41) is 18.5. The standard InChI is InChI=1S/C23H20N6O5S/c1-27-21(31)16(29(23(27)35)12-17-22(32)34-26-28(17)2)11-19(30)24-14-9-7-13(8-10-14)20-25-15-5-3-4-6-18(15)33-20/h3-10,16H,11-12H2,1-2H3,(H-,24,25,26,30,32). The molecule has 2 aromatic heterocycles. The molecule has 2 aromatic carbocycles. The molecule has 178 valence electrons. The van der Waals surface area contributed by atoms with E-state index in [4.69, 9.17) is 16.6 Å². The summed E-state index contributed by atoms with van der Waals surface area (Å²) in [6.45, 7) is -0.00904. The quantitative estimate of drug-likeness (QED) is 0.313. The number of fused-ring (bicyclic) bond motifs is 1. The van der Waals surface area contributed by atoms with Crippen LogP contribution >= 0.6 is 12.2 Å². The lowest BCUT2D eigenvalue weighted by atomic mass is 10.1. The summed E-state index contributed by atoms with van der Waals surface area (Å²) in [4.78, 5) is 32.9. The molecule has 1 unspecified atom stereocenters. The third-order valence-corrected chi connectivity index (χ3v) is 6.31. The summed E-state index contributed by atoms with van der Waals surface area (Å²) < 4.78 is 11.7. The van der Waals surface area contributed by atoms with E-state index in [1.807, 2.05) is 24.3 Å². The first-order chi connectivity index (χ1) is 16.8. The zero-order chi connectivity index (χ0) is 24.7. The summed E-state index contributed by atoms with van der Waals surface area (Å²) in [7, 11) is 3.09. The second-order valence-corrected chi connectivity index (χ2v) is 8.44. The minimum absolute atomic E-state index is 0.00904. The molecule has 5 rings (SSSR count). The molecule has 0 bridgehead atoms. The third kappa shape index (κ3) is 4.19. The Labute approximate surface area is 204 Å². The van der Waals surface area contributed by atoms with E-state index in [-0.39, 0.29) is 35.6 Å². The van der Waals surface area contributed by atoms with Crippen molar-refractivity contribution in [3.8, 4) is 17.4 Å². The van der Waals surface area contributed by atoms with Crippen LogP contribution in [0.25, 0.3) is 22.6 Å². The van der Waals surface area contributed by atoms with Gasteiger partial charge >= 0.3 is 0 Å². The molecule has 0 radical (unpaired) electrons. The van der Waals surface area contributed by atoms with Gasteiger partial charge in [0.25, 0.3) is 11.6 Å². The number of hydrogen-bond acceptors (Lipinski definition) is 8. The summed E-state index contributed by atoms with van der Waals surface area (Å²) in [5.41, 5.74) is 2.99. The largest absolute Gasteiger partial charge is 0.539 e. The van der Waals surface area contributed by atoms with E-state index in [2.05, 4.69) is 20.1 Å². The minimum atomic E-state index is -0.860. The highest BCUT2D eigenvalue weighted by Crippen LogP contribution is 2.26. The van der Waals surface area contributed by atoms with Crippen molar-refractivity contribution in [2.75, 3.05) is 12.4 Å². The van der Waals surface area contributed by atoms with Gasteiger partial charge in [-0.1, -0.05) is 16.8 Å². The molecule has 1 aliphatic heterocycles. The number of hydrogen-bond donors (Lipinski definition) is 1. The number of nitrogens with zero attached hydrogens (tertiary/aromatic N) is 5. The van der Waals surface area contributed by atoms with Crippen LogP contribution in [0.4, 0.5) is 5.69 Å². The highest BCUT2D eigenvalue weighted by molar-refractivity contribution is 7.80. The average molecular weight is 493 g/mol. The van der Waals surface area contributed by atoms with Crippen molar-refractivity contribution in [1.82, 2.24) is 20.1 Å². The molecule has 35 heavy (non-hydrogen) atoms. The summed E-state index contributed by atoms with van der Waals surface area (Å²) in [5.74, 6) is -0.854. The number of para-hydroxylation sites is 2. The van der Waals surface area contributed by atoms with Gasteiger partial charge in [-0.2, -0.15) is 0 Å². The number of oxazole rings is 1. The second kappa shape index (κ2) is 8.80. The van der Waals surface area contributed by atoms with Gasteiger partial charge in [0.05, 0.1) is 11.7 Å². The Bertz CT molecular complexity index is 1390. The fourth-order valence-corrected chi connectivity index (χ4v) is 4.17. The van der Waals surface area contributed by atoms with Crippen LogP contribution in [0.15, 0.2) is 57.5 Å². The zero-order valence-corrected chi connectivity index (χ0v) is 19.6. The second-order valence-electron chi connectivity index (χ2n) is 8.07. The normalized spacial score (nSPS) is 15.9. The van der Waals surface area contributed by atoms with E-state index >= 15 is 0 Å². The van der Waals surface area contributed by atoms with Crippen molar-refractivity contribution in [3.05, 3.63) is 54.2 Å². The molecule has 1 saturated heterocycles. The Morgan fingerprint density at radius 1 is 1.23 bits per heavy atom. The molecule has 1 N–H and O–H groups in total. The van der Waals surface area contributed by atoms with Crippen LogP contribution in [0.3, 0.4) is 0 Å². The Balaban J connectivity index is 1.28. The number of amides is 2. The predicted octanol–water partition coefficient (Wildman–Crippen LogP) is 1.34. The summed E-state index contributed by atoms with van der Waals surface area (Å²) in [6, 6.07) is 13.7. The number of nitrogens with one attached hydrogen (secondary N) is 1. The van der Waals surface area contributed by atoms with Gasteiger partial charge in [0.15, 0.2) is 23.7 Å². The lowest BCUT2D eigenvalue weighted by Crippen LogP contribution is -2.42. The maximum absolute atomic E-state index is 12.8. The minimum Gasteiger partial charge on any atom is -0.539 e. The number of aromatic nitrogens is 3. The van der Waals surface area contributed by atoms with Crippen molar-refractivity contribution < 1.29 is 28.3 Å². The number of anilines is 1. The number of carbonyl (C=O) groups excluding carboxylic acids is 2.